The molecule has 1 rings (SSSR count). The van der Waals surface area contributed by atoms with Gasteiger partial charge in [-0.25, -0.2) is 4.79 Å². The summed E-state index contributed by atoms with van der Waals surface area (Å²) < 4.78 is 37.4. The van der Waals surface area contributed by atoms with E-state index in [9.17, 15) is 27.6 Å². The zero-order chi connectivity index (χ0) is 16.0. The predicted octanol–water partition coefficient (Wildman–Crippen LogP) is 1.75. The van der Waals surface area contributed by atoms with Crippen molar-refractivity contribution in [1.82, 2.24) is 10.2 Å². The summed E-state index contributed by atoms with van der Waals surface area (Å²) in [6, 6.07) is -0.726. The number of likely N-dealkylation sites (tertiary alicyclic amines) is 1. The van der Waals surface area contributed by atoms with Crippen molar-refractivity contribution >= 4 is 17.9 Å². The maximum absolute atomic E-state index is 12.5. The number of hydrogen-bond donors (Lipinski definition) is 2. The van der Waals surface area contributed by atoms with Crippen LogP contribution < -0.4 is 5.32 Å². The second-order valence-corrected chi connectivity index (χ2v) is 4.90. The molecule has 0 atom stereocenters. The van der Waals surface area contributed by atoms with E-state index in [-0.39, 0.29) is 45.2 Å². The van der Waals surface area contributed by atoms with Crippen molar-refractivity contribution in [2.75, 3.05) is 13.1 Å². The minimum atomic E-state index is -4.25. The van der Waals surface area contributed by atoms with Crippen LogP contribution >= 0.6 is 0 Å². The van der Waals surface area contributed by atoms with Crippen LogP contribution in [0, 0.1) is 5.92 Å². The number of carbonyl (C=O) groups excluding carboxylic acids is 2. The third-order valence-electron chi connectivity index (χ3n) is 3.29. The predicted molar refractivity (Wildman–Crippen MR) is 65.4 cm³/mol. The SMILES string of the molecule is O=C(O)CCCC(=O)NC(=O)N1CCC(C(F)(F)F)CC1. The molecule has 0 radical (unpaired) electrons. The first-order valence-corrected chi connectivity index (χ1v) is 6.57. The molecule has 120 valence electrons. The first-order chi connectivity index (χ1) is 9.70. The van der Waals surface area contributed by atoms with Crippen molar-refractivity contribution in [3.05, 3.63) is 0 Å². The van der Waals surface area contributed by atoms with E-state index < -0.39 is 30.0 Å². The number of piperidine rings is 1. The topological polar surface area (TPSA) is 86.7 Å². The van der Waals surface area contributed by atoms with Gasteiger partial charge in [-0.05, 0) is 19.3 Å². The van der Waals surface area contributed by atoms with Gasteiger partial charge in [-0.1, -0.05) is 0 Å². The summed E-state index contributed by atoms with van der Waals surface area (Å²) in [6.45, 7) is -0.114. The molecule has 21 heavy (non-hydrogen) atoms. The zero-order valence-corrected chi connectivity index (χ0v) is 11.3. The van der Waals surface area contributed by atoms with E-state index in [1.165, 1.54) is 0 Å². The van der Waals surface area contributed by atoms with Crippen LogP contribution in [0.15, 0.2) is 0 Å². The largest absolute Gasteiger partial charge is 0.481 e. The molecule has 0 bridgehead atoms. The lowest BCUT2D eigenvalue weighted by Crippen LogP contribution is -2.48. The van der Waals surface area contributed by atoms with Gasteiger partial charge in [0, 0.05) is 25.9 Å². The van der Waals surface area contributed by atoms with Crippen LogP contribution in [0.5, 0.6) is 0 Å². The Kier molecular flexibility index (Phi) is 5.98. The van der Waals surface area contributed by atoms with E-state index in [4.69, 9.17) is 5.11 Å². The molecule has 0 aromatic rings. The normalized spacial score (nSPS) is 16.6. The molecular formula is C12H17F3N2O4. The summed E-state index contributed by atoms with van der Waals surface area (Å²) in [5.74, 6) is -3.07. The summed E-state index contributed by atoms with van der Waals surface area (Å²) in [4.78, 5) is 34.5. The number of carboxylic acid groups (broad SMARTS) is 1. The Morgan fingerprint density at radius 3 is 2.19 bits per heavy atom. The maximum atomic E-state index is 12.5. The Morgan fingerprint density at radius 1 is 1.14 bits per heavy atom. The van der Waals surface area contributed by atoms with Crippen molar-refractivity contribution in [3.8, 4) is 0 Å². The third-order valence-corrected chi connectivity index (χ3v) is 3.29. The quantitative estimate of drug-likeness (QED) is 0.828. The number of amides is 3. The molecule has 2 N–H and O–H groups in total. The van der Waals surface area contributed by atoms with Gasteiger partial charge in [0.05, 0.1) is 5.92 Å². The minimum absolute atomic E-state index is 0.0571. The van der Waals surface area contributed by atoms with Gasteiger partial charge in [-0.2, -0.15) is 13.2 Å². The Morgan fingerprint density at radius 2 is 1.71 bits per heavy atom. The van der Waals surface area contributed by atoms with Crippen molar-refractivity contribution in [3.63, 3.8) is 0 Å². The van der Waals surface area contributed by atoms with Crippen LogP contribution in [0.2, 0.25) is 0 Å². The fourth-order valence-electron chi connectivity index (χ4n) is 2.07. The number of carbonyl (C=O) groups is 3. The van der Waals surface area contributed by atoms with Gasteiger partial charge in [-0.15, -0.1) is 0 Å². The molecular weight excluding hydrogens is 293 g/mol. The van der Waals surface area contributed by atoms with E-state index in [0.29, 0.717) is 0 Å². The number of carboxylic acids is 1. The first kappa shape index (κ1) is 17.3. The monoisotopic (exact) mass is 310 g/mol. The van der Waals surface area contributed by atoms with Gasteiger partial charge in [0.25, 0.3) is 0 Å². The highest BCUT2D eigenvalue weighted by Gasteiger charge is 2.41. The third kappa shape index (κ3) is 6.01. The molecule has 0 aromatic heterocycles. The van der Waals surface area contributed by atoms with E-state index in [1.54, 1.807) is 0 Å². The average molecular weight is 310 g/mol. The molecule has 0 aliphatic carbocycles. The molecule has 0 spiro atoms. The van der Waals surface area contributed by atoms with Crippen LogP contribution in [-0.4, -0.2) is 47.2 Å². The van der Waals surface area contributed by atoms with Crippen LogP contribution in [-0.2, 0) is 9.59 Å². The van der Waals surface area contributed by atoms with E-state index in [2.05, 4.69) is 5.32 Å². The Bertz CT molecular complexity index is 404. The van der Waals surface area contributed by atoms with Gasteiger partial charge in [0.2, 0.25) is 5.91 Å². The fourth-order valence-corrected chi connectivity index (χ4v) is 2.07. The summed E-state index contributed by atoms with van der Waals surface area (Å²) >= 11 is 0. The Balaban J connectivity index is 2.31. The highest BCUT2D eigenvalue weighted by Crippen LogP contribution is 2.33. The van der Waals surface area contributed by atoms with Crippen LogP contribution in [0.25, 0.3) is 0 Å². The van der Waals surface area contributed by atoms with Crippen molar-refractivity contribution in [2.45, 2.75) is 38.3 Å². The molecule has 0 saturated carbocycles. The van der Waals surface area contributed by atoms with Crippen LogP contribution in [0.3, 0.4) is 0 Å². The second kappa shape index (κ2) is 7.28. The number of aliphatic carboxylic acids is 1. The van der Waals surface area contributed by atoms with Gasteiger partial charge in [0.15, 0.2) is 0 Å². The molecule has 3 amide bonds. The summed E-state index contributed by atoms with van der Waals surface area (Å²) in [6.07, 6.45) is -4.80. The zero-order valence-electron chi connectivity index (χ0n) is 11.3. The first-order valence-electron chi connectivity index (χ1n) is 6.57. The fraction of sp³-hybridized carbons (Fsp3) is 0.750. The Labute approximate surface area is 119 Å². The van der Waals surface area contributed by atoms with Crippen molar-refractivity contribution < 1.29 is 32.7 Å². The lowest BCUT2D eigenvalue weighted by molar-refractivity contribution is -0.183. The van der Waals surface area contributed by atoms with Crippen LogP contribution in [0.1, 0.15) is 32.1 Å². The highest BCUT2D eigenvalue weighted by atomic mass is 19.4. The van der Waals surface area contributed by atoms with Gasteiger partial charge in [0.1, 0.15) is 0 Å². The van der Waals surface area contributed by atoms with Crippen molar-refractivity contribution in [2.24, 2.45) is 5.92 Å². The average Bonchev–Trinajstić information content (AvgIpc) is 2.37. The standard InChI is InChI=1S/C12H17F3N2O4/c13-12(14,15)8-4-6-17(7-5-8)11(21)16-9(18)2-1-3-10(19)20/h8H,1-7H2,(H,19,20)(H,16,18,21). The number of imide groups is 1. The number of nitrogens with one attached hydrogen (secondary N) is 1. The highest BCUT2D eigenvalue weighted by molar-refractivity contribution is 5.94. The summed E-state index contributed by atoms with van der Waals surface area (Å²) in [5.41, 5.74) is 0. The van der Waals surface area contributed by atoms with Crippen molar-refractivity contribution in [1.29, 1.82) is 0 Å². The number of nitrogens with zero attached hydrogens (tertiary/aromatic N) is 1. The van der Waals surface area contributed by atoms with Gasteiger partial charge in [-0.3, -0.25) is 14.9 Å². The van der Waals surface area contributed by atoms with Gasteiger partial charge >= 0.3 is 18.2 Å². The van der Waals surface area contributed by atoms with Crippen LogP contribution in [0.4, 0.5) is 18.0 Å². The lowest BCUT2D eigenvalue weighted by Gasteiger charge is -2.32. The molecule has 9 heteroatoms. The Hall–Kier alpha value is -1.80. The number of halogens is 3. The van der Waals surface area contributed by atoms with E-state index in [0.717, 1.165) is 4.90 Å². The summed E-state index contributed by atoms with van der Waals surface area (Å²) in [7, 11) is 0. The second-order valence-electron chi connectivity index (χ2n) is 4.90. The molecule has 0 aromatic carbocycles. The minimum Gasteiger partial charge on any atom is -0.481 e. The van der Waals surface area contributed by atoms with E-state index in [1.807, 2.05) is 0 Å². The molecule has 1 saturated heterocycles. The number of hydrogen-bond acceptors (Lipinski definition) is 3. The van der Waals surface area contributed by atoms with Gasteiger partial charge < -0.3 is 10.0 Å². The molecule has 1 heterocycles. The molecule has 1 fully saturated rings. The molecule has 0 unspecified atom stereocenters. The lowest BCUT2D eigenvalue weighted by atomic mass is 9.96. The maximum Gasteiger partial charge on any atom is 0.391 e. The smallest absolute Gasteiger partial charge is 0.391 e. The molecule has 1 aliphatic rings. The van der Waals surface area contributed by atoms with E-state index >= 15 is 0 Å². The molecule has 6 nitrogen and oxygen atoms in total. The summed E-state index contributed by atoms with van der Waals surface area (Å²) in [5, 5.41) is 10.5. The number of rotatable bonds is 4. The number of urea groups is 1. The molecule has 1 aliphatic heterocycles. The number of alkyl halides is 3.